The maximum absolute atomic E-state index is 11.9. The van der Waals surface area contributed by atoms with Gasteiger partial charge in [-0.05, 0) is 37.2 Å². The van der Waals surface area contributed by atoms with Crippen LogP contribution in [-0.2, 0) is 0 Å². The predicted molar refractivity (Wildman–Crippen MR) is 101 cm³/mol. The summed E-state index contributed by atoms with van der Waals surface area (Å²) in [6, 6.07) is 15.4. The van der Waals surface area contributed by atoms with E-state index in [2.05, 4.69) is 26.2 Å². The quantitative estimate of drug-likeness (QED) is 0.807. The highest BCUT2D eigenvalue weighted by Crippen LogP contribution is 2.20. The Morgan fingerprint density at radius 2 is 1.88 bits per heavy atom. The zero-order valence-corrected chi connectivity index (χ0v) is 14.8. The Hall–Kier alpha value is -2.91. The Labute approximate surface area is 154 Å². The van der Waals surface area contributed by atoms with Crippen LogP contribution in [0.4, 0.5) is 5.69 Å². The van der Waals surface area contributed by atoms with E-state index in [0.717, 1.165) is 50.4 Å². The molecule has 1 aromatic heterocycles. The number of para-hydroxylation sites is 1. The zero-order chi connectivity index (χ0) is 18.2. The minimum absolute atomic E-state index is 0.122. The minimum Gasteiger partial charge on any atom is -0.368 e. The molecule has 1 amide bonds. The second kappa shape index (κ2) is 8.97. The minimum atomic E-state index is -0.122. The van der Waals surface area contributed by atoms with Gasteiger partial charge in [-0.2, -0.15) is 5.26 Å². The second-order valence-corrected chi connectivity index (χ2v) is 6.28. The molecule has 134 valence electrons. The lowest BCUT2D eigenvalue weighted by atomic mass is 10.1. The molecule has 0 spiro atoms. The molecule has 6 nitrogen and oxygen atoms in total. The van der Waals surface area contributed by atoms with Crippen LogP contribution in [0.3, 0.4) is 0 Å². The van der Waals surface area contributed by atoms with Gasteiger partial charge in [-0.3, -0.25) is 14.7 Å². The van der Waals surface area contributed by atoms with Gasteiger partial charge in [0.2, 0.25) is 0 Å². The Balaban J connectivity index is 1.38. The number of nitriles is 1. The highest BCUT2D eigenvalue weighted by atomic mass is 16.1. The fourth-order valence-electron chi connectivity index (χ4n) is 3.15. The number of aromatic nitrogens is 1. The first-order chi connectivity index (χ1) is 12.8. The van der Waals surface area contributed by atoms with E-state index in [-0.39, 0.29) is 5.91 Å². The number of nitrogens with one attached hydrogen (secondary N) is 1. The monoisotopic (exact) mass is 349 g/mol. The van der Waals surface area contributed by atoms with Crippen molar-refractivity contribution in [3.63, 3.8) is 0 Å². The first kappa shape index (κ1) is 17.9. The summed E-state index contributed by atoms with van der Waals surface area (Å²) in [5, 5.41) is 12.2. The molecule has 2 aromatic rings. The van der Waals surface area contributed by atoms with Gasteiger partial charge >= 0.3 is 0 Å². The van der Waals surface area contributed by atoms with Crippen molar-refractivity contribution < 1.29 is 4.79 Å². The first-order valence-corrected chi connectivity index (χ1v) is 8.93. The van der Waals surface area contributed by atoms with Gasteiger partial charge in [-0.1, -0.05) is 18.2 Å². The molecule has 0 atom stereocenters. The van der Waals surface area contributed by atoms with Crippen molar-refractivity contribution in [1.29, 1.82) is 5.26 Å². The van der Waals surface area contributed by atoms with E-state index in [1.165, 1.54) is 0 Å². The van der Waals surface area contributed by atoms with Crippen molar-refractivity contribution >= 4 is 11.6 Å². The summed E-state index contributed by atoms with van der Waals surface area (Å²) < 4.78 is 0. The molecule has 3 rings (SSSR count). The normalized spacial score (nSPS) is 14.7. The lowest BCUT2D eigenvalue weighted by molar-refractivity contribution is 0.0946. The van der Waals surface area contributed by atoms with E-state index in [9.17, 15) is 10.1 Å². The first-order valence-electron chi connectivity index (χ1n) is 8.93. The maximum atomic E-state index is 11.9. The Bertz CT molecular complexity index is 763. The Morgan fingerprint density at radius 3 is 2.62 bits per heavy atom. The molecule has 0 bridgehead atoms. The van der Waals surface area contributed by atoms with E-state index in [0.29, 0.717) is 12.2 Å². The molecule has 2 heterocycles. The molecular weight excluding hydrogens is 326 g/mol. The molecular formula is C20H23N5O. The van der Waals surface area contributed by atoms with Crippen molar-refractivity contribution in [1.82, 2.24) is 15.2 Å². The van der Waals surface area contributed by atoms with Gasteiger partial charge in [-0.25, -0.2) is 0 Å². The SMILES string of the molecule is N#Cc1ccccc1N1CCN(CCCNC(=O)c2ccccn2)CC1. The van der Waals surface area contributed by atoms with Crippen LogP contribution in [0, 0.1) is 11.3 Å². The molecule has 0 aliphatic carbocycles. The third-order valence-corrected chi connectivity index (χ3v) is 4.57. The van der Waals surface area contributed by atoms with Crippen LogP contribution in [0.15, 0.2) is 48.7 Å². The second-order valence-electron chi connectivity index (χ2n) is 6.28. The zero-order valence-electron chi connectivity index (χ0n) is 14.8. The molecule has 0 saturated carbocycles. The van der Waals surface area contributed by atoms with Crippen molar-refractivity contribution in [2.24, 2.45) is 0 Å². The summed E-state index contributed by atoms with van der Waals surface area (Å²) in [7, 11) is 0. The largest absolute Gasteiger partial charge is 0.368 e. The van der Waals surface area contributed by atoms with Crippen molar-refractivity contribution in [2.45, 2.75) is 6.42 Å². The van der Waals surface area contributed by atoms with Gasteiger partial charge in [0.05, 0.1) is 11.3 Å². The molecule has 0 unspecified atom stereocenters. The number of nitrogens with zero attached hydrogens (tertiary/aromatic N) is 4. The molecule has 26 heavy (non-hydrogen) atoms. The summed E-state index contributed by atoms with van der Waals surface area (Å²) in [6.07, 6.45) is 2.53. The summed E-state index contributed by atoms with van der Waals surface area (Å²) in [4.78, 5) is 20.7. The summed E-state index contributed by atoms with van der Waals surface area (Å²) >= 11 is 0. The van der Waals surface area contributed by atoms with E-state index >= 15 is 0 Å². The fourth-order valence-corrected chi connectivity index (χ4v) is 3.15. The van der Waals surface area contributed by atoms with Crippen LogP contribution >= 0.6 is 0 Å². The summed E-state index contributed by atoms with van der Waals surface area (Å²) in [5.41, 5.74) is 2.22. The highest BCUT2D eigenvalue weighted by Gasteiger charge is 2.18. The van der Waals surface area contributed by atoms with Crippen molar-refractivity contribution in [2.75, 3.05) is 44.2 Å². The lowest BCUT2D eigenvalue weighted by Crippen LogP contribution is -2.47. The molecule has 1 aliphatic rings. The van der Waals surface area contributed by atoms with Gasteiger partial charge in [0, 0.05) is 38.9 Å². The standard InChI is InChI=1S/C20H23N5O/c21-16-17-6-1-2-8-19(17)25-14-12-24(13-15-25)11-5-10-23-20(26)18-7-3-4-9-22-18/h1-4,6-9H,5,10-15H2,(H,23,26). The molecule has 6 heteroatoms. The Kier molecular flexibility index (Phi) is 6.18. The molecule has 0 radical (unpaired) electrons. The van der Waals surface area contributed by atoms with Crippen LogP contribution in [-0.4, -0.2) is 55.1 Å². The van der Waals surface area contributed by atoms with Gasteiger partial charge in [0.15, 0.2) is 0 Å². The third-order valence-electron chi connectivity index (χ3n) is 4.57. The highest BCUT2D eigenvalue weighted by molar-refractivity contribution is 5.92. The van der Waals surface area contributed by atoms with Crippen LogP contribution < -0.4 is 10.2 Å². The summed E-state index contributed by atoms with van der Waals surface area (Å²) in [6.45, 7) is 5.36. The molecule has 1 N–H and O–H groups in total. The number of hydrogen-bond donors (Lipinski definition) is 1. The van der Waals surface area contributed by atoms with Crippen LogP contribution in [0.2, 0.25) is 0 Å². The van der Waals surface area contributed by atoms with Crippen LogP contribution in [0.5, 0.6) is 0 Å². The van der Waals surface area contributed by atoms with Crippen LogP contribution in [0.25, 0.3) is 0 Å². The lowest BCUT2D eigenvalue weighted by Gasteiger charge is -2.36. The number of anilines is 1. The number of rotatable bonds is 6. The number of benzene rings is 1. The van der Waals surface area contributed by atoms with Crippen molar-refractivity contribution in [3.05, 3.63) is 59.9 Å². The van der Waals surface area contributed by atoms with Crippen molar-refractivity contribution in [3.8, 4) is 6.07 Å². The van der Waals surface area contributed by atoms with Gasteiger partial charge in [-0.15, -0.1) is 0 Å². The summed E-state index contributed by atoms with van der Waals surface area (Å²) in [5.74, 6) is -0.122. The van der Waals surface area contributed by atoms with Gasteiger partial charge in [0.1, 0.15) is 11.8 Å². The Morgan fingerprint density at radius 1 is 1.12 bits per heavy atom. The fraction of sp³-hybridized carbons (Fsp3) is 0.350. The van der Waals surface area contributed by atoms with E-state index in [1.807, 2.05) is 30.3 Å². The number of pyridine rings is 1. The number of hydrogen-bond acceptors (Lipinski definition) is 5. The smallest absolute Gasteiger partial charge is 0.269 e. The topological polar surface area (TPSA) is 72.3 Å². The molecule has 1 fully saturated rings. The average Bonchev–Trinajstić information content (AvgIpc) is 2.72. The molecule has 1 aliphatic heterocycles. The molecule has 1 aromatic carbocycles. The maximum Gasteiger partial charge on any atom is 0.269 e. The van der Waals surface area contributed by atoms with E-state index in [4.69, 9.17) is 0 Å². The van der Waals surface area contributed by atoms with Gasteiger partial charge < -0.3 is 10.2 Å². The van der Waals surface area contributed by atoms with Crippen LogP contribution in [0.1, 0.15) is 22.5 Å². The predicted octanol–water partition coefficient (Wildman–Crippen LogP) is 1.90. The number of carbonyl (C=O) groups excluding carboxylic acids is 1. The van der Waals surface area contributed by atoms with Gasteiger partial charge in [0.25, 0.3) is 5.91 Å². The third kappa shape index (κ3) is 4.58. The average molecular weight is 349 g/mol. The number of carbonyl (C=O) groups is 1. The van der Waals surface area contributed by atoms with E-state index < -0.39 is 0 Å². The number of piperazine rings is 1. The van der Waals surface area contributed by atoms with E-state index in [1.54, 1.807) is 18.3 Å². The molecule has 1 saturated heterocycles. The number of amides is 1.